The van der Waals surface area contributed by atoms with Gasteiger partial charge in [-0.15, -0.1) is 0 Å². The Hall–Kier alpha value is -0.0400. The topological polar surface area (TPSA) is 9.23 Å². The normalized spacial score (nSPS) is 41.6. The lowest BCUT2D eigenvalue weighted by Crippen LogP contribution is -2.51. The van der Waals surface area contributed by atoms with Gasteiger partial charge in [0.05, 0.1) is 12.2 Å². The third-order valence-corrected chi connectivity index (χ3v) is 4.25. The van der Waals surface area contributed by atoms with Crippen molar-refractivity contribution < 1.29 is 4.74 Å². The molecule has 1 aliphatic carbocycles. The molecular formula is C13H24O. The molecule has 0 amide bonds. The van der Waals surface area contributed by atoms with Gasteiger partial charge in [0, 0.05) is 0 Å². The number of hydrogen-bond donors (Lipinski definition) is 0. The van der Waals surface area contributed by atoms with E-state index in [9.17, 15) is 0 Å². The van der Waals surface area contributed by atoms with E-state index in [0.29, 0.717) is 5.60 Å². The van der Waals surface area contributed by atoms with Crippen molar-refractivity contribution in [3.05, 3.63) is 0 Å². The maximum atomic E-state index is 6.17. The molecule has 82 valence electrons. The average Bonchev–Trinajstić information content (AvgIpc) is 2.21. The van der Waals surface area contributed by atoms with Crippen LogP contribution in [-0.2, 0) is 4.74 Å². The molecular weight excluding hydrogens is 172 g/mol. The molecule has 0 spiro atoms. The SMILES string of the molecule is CCCC1CC2CCC1(CCC)OC2. The Morgan fingerprint density at radius 1 is 1.29 bits per heavy atom. The van der Waals surface area contributed by atoms with E-state index in [4.69, 9.17) is 4.74 Å². The minimum absolute atomic E-state index is 0.305. The zero-order chi connectivity index (χ0) is 10.0. The van der Waals surface area contributed by atoms with Crippen LogP contribution in [0.25, 0.3) is 0 Å². The van der Waals surface area contributed by atoms with Gasteiger partial charge in [-0.25, -0.2) is 0 Å². The molecule has 14 heavy (non-hydrogen) atoms. The zero-order valence-corrected chi connectivity index (χ0v) is 9.72. The number of rotatable bonds is 4. The number of hydrogen-bond acceptors (Lipinski definition) is 1. The van der Waals surface area contributed by atoms with Crippen LogP contribution in [0.5, 0.6) is 0 Å². The third kappa shape index (κ3) is 1.71. The Balaban J connectivity index is 2.07. The summed E-state index contributed by atoms with van der Waals surface area (Å²) >= 11 is 0. The lowest BCUT2D eigenvalue weighted by molar-refractivity contribution is -0.186. The Kier molecular flexibility index (Phi) is 3.16. The van der Waals surface area contributed by atoms with Gasteiger partial charge in [0.2, 0.25) is 0 Å². The van der Waals surface area contributed by atoms with Gasteiger partial charge < -0.3 is 4.74 Å². The van der Waals surface area contributed by atoms with Crippen LogP contribution in [0, 0.1) is 11.8 Å². The van der Waals surface area contributed by atoms with E-state index in [1.54, 1.807) is 0 Å². The van der Waals surface area contributed by atoms with Crippen LogP contribution in [0.3, 0.4) is 0 Å². The smallest absolute Gasteiger partial charge is 0.0710 e. The maximum Gasteiger partial charge on any atom is 0.0710 e. The van der Waals surface area contributed by atoms with Gasteiger partial charge >= 0.3 is 0 Å². The van der Waals surface area contributed by atoms with E-state index >= 15 is 0 Å². The molecule has 3 rings (SSSR count). The molecule has 2 bridgehead atoms. The van der Waals surface area contributed by atoms with Crippen molar-refractivity contribution in [3.8, 4) is 0 Å². The molecule has 0 radical (unpaired) electrons. The fourth-order valence-electron chi connectivity index (χ4n) is 3.57. The average molecular weight is 196 g/mol. The standard InChI is InChI=1S/C13H24O/c1-3-5-12-9-11-6-8-13(12,7-4-2)14-10-11/h11-12H,3-10H2,1-2H3. The molecule has 3 atom stereocenters. The highest BCUT2D eigenvalue weighted by molar-refractivity contribution is 4.97. The number of fused-ring (bicyclic) bond motifs is 3. The van der Waals surface area contributed by atoms with Crippen LogP contribution < -0.4 is 0 Å². The summed E-state index contributed by atoms with van der Waals surface area (Å²) in [4.78, 5) is 0. The van der Waals surface area contributed by atoms with Gasteiger partial charge in [0.25, 0.3) is 0 Å². The van der Waals surface area contributed by atoms with Crippen LogP contribution in [0.15, 0.2) is 0 Å². The van der Waals surface area contributed by atoms with Crippen molar-refractivity contribution in [1.29, 1.82) is 0 Å². The van der Waals surface area contributed by atoms with Crippen molar-refractivity contribution in [3.63, 3.8) is 0 Å². The van der Waals surface area contributed by atoms with E-state index in [-0.39, 0.29) is 0 Å². The summed E-state index contributed by atoms with van der Waals surface area (Å²) in [6.07, 6.45) is 9.52. The van der Waals surface area contributed by atoms with Crippen molar-refractivity contribution in [1.82, 2.24) is 0 Å². The molecule has 2 heterocycles. The minimum Gasteiger partial charge on any atom is -0.374 e. The summed E-state index contributed by atoms with van der Waals surface area (Å²) in [5.74, 6) is 1.77. The predicted octanol–water partition coefficient (Wildman–Crippen LogP) is 3.77. The Morgan fingerprint density at radius 2 is 2.14 bits per heavy atom. The van der Waals surface area contributed by atoms with Crippen molar-refractivity contribution in [2.45, 2.75) is 64.4 Å². The molecule has 0 N–H and O–H groups in total. The first-order chi connectivity index (χ1) is 6.80. The molecule has 2 aliphatic heterocycles. The van der Waals surface area contributed by atoms with E-state index in [0.717, 1.165) is 18.4 Å². The molecule has 1 nitrogen and oxygen atoms in total. The molecule has 3 unspecified atom stereocenters. The summed E-state index contributed by atoms with van der Waals surface area (Å²) in [7, 11) is 0. The highest BCUT2D eigenvalue weighted by atomic mass is 16.5. The van der Waals surface area contributed by atoms with Gasteiger partial charge in [-0.05, 0) is 43.9 Å². The summed E-state index contributed by atoms with van der Waals surface area (Å²) < 4.78 is 6.17. The van der Waals surface area contributed by atoms with Gasteiger partial charge in [-0.3, -0.25) is 0 Å². The first kappa shape index (κ1) is 10.5. The lowest BCUT2D eigenvalue weighted by atomic mass is 9.65. The van der Waals surface area contributed by atoms with E-state index in [1.165, 1.54) is 44.9 Å². The van der Waals surface area contributed by atoms with Crippen LogP contribution in [0.2, 0.25) is 0 Å². The Bertz CT molecular complexity index is 174. The summed E-state index contributed by atoms with van der Waals surface area (Å²) in [5.41, 5.74) is 0.305. The van der Waals surface area contributed by atoms with E-state index in [1.807, 2.05) is 0 Å². The van der Waals surface area contributed by atoms with E-state index in [2.05, 4.69) is 13.8 Å². The molecule has 3 fully saturated rings. The third-order valence-electron chi connectivity index (χ3n) is 4.25. The summed E-state index contributed by atoms with van der Waals surface area (Å²) in [6.45, 7) is 5.66. The predicted molar refractivity (Wildman–Crippen MR) is 59.3 cm³/mol. The van der Waals surface area contributed by atoms with Crippen LogP contribution in [0.4, 0.5) is 0 Å². The summed E-state index contributed by atoms with van der Waals surface area (Å²) in [5, 5.41) is 0. The molecule has 3 aliphatic rings. The number of ether oxygens (including phenoxy) is 1. The Morgan fingerprint density at radius 3 is 2.71 bits per heavy atom. The molecule has 0 aromatic heterocycles. The van der Waals surface area contributed by atoms with Crippen molar-refractivity contribution in [2.75, 3.05) is 6.61 Å². The second-order valence-electron chi connectivity index (χ2n) is 5.25. The summed E-state index contributed by atoms with van der Waals surface area (Å²) in [6, 6.07) is 0. The van der Waals surface area contributed by atoms with Crippen LogP contribution in [-0.4, -0.2) is 12.2 Å². The van der Waals surface area contributed by atoms with Crippen LogP contribution in [0.1, 0.15) is 58.8 Å². The fourth-order valence-corrected chi connectivity index (χ4v) is 3.57. The van der Waals surface area contributed by atoms with Gasteiger partial charge in [-0.1, -0.05) is 26.7 Å². The van der Waals surface area contributed by atoms with Crippen molar-refractivity contribution in [2.24, 2.45) is 11.8 Å². The fraction of sp³-hybridized carbons (Fsp3) is 1.00. The molecule has 0 aromatic rings. The Labute approximate surface area is 88.2 Å². The second-order valence-corrected chi connectivity index (χ2v) is 5.25. The highest BCUT2D eigenvalue weighted by Crippen LogP contribution is 2.49. The van der Waals surface area contributed by atoms with Crippen LogP contribution >= 0.6 is 0 Å². The first-order valence-electron chi connectivity index (χ1n) is 6.44. The molecule has 0 aromatic carbocycles. The van der Waals surface area contributed by atoms with Gasteiger partial charge in [0.15, 0.2) is 0 Å². The van der Waals surface area contributed by atoms with E-state index < -0.39 is 0 Å². The zero-order valence-electron chi connectivity index (χ0n) is 9.72. The second kappa shape index (κ2) is 4.22. The quantitative estimate of drug-likeness (QED) is 0.665. The largest absolute Gasteiger partial charge is 0.374 e. The lowest BCUT2D eigenvalue weighted by Gasteiger charge is -2.52. The van der Waals surface area contributed by atoms with Crippen molar-refractivity contribution >= 4 is 0 Å². The highest BCUT2D eigenvalue weighted by Gasteiger charge is 2.47. The molecule has 2 saturated heterocycles. The minimum atomic E-state index is 0.305. The monoisotopic (exact) mass is 196 g/mol. The first-order valence-corrected chi connectivity index (χ1v) is 6.44. The maximum absolute atomic E-state index is 6.17. The van der Waals surface area contributed by atoms with Gasteiger partial charge in [-0.2, -0.15) is 0 Å². The molecule has 1 heteroatoms. The van der Waals surface area contributed by atoms with Gasteiger partial charge in [0.1, 0.15) is 0 Å². The molecule has 1 saturated carbocycles.